The second kappa shape index (κ2) is 23.6. The first-order valence-corrected chi connectivity index (χ1v) is 24.1. The number of carbonyl (C=O) groups excluding carboxylic acids is 4. The summed E-state index contributed by atoms with van der Waals surface area (Å²) in [5.74, 6) is -3.17. The molecule has 2 heterocycles. The Bertz CT molecular complexity index is 2950. The molecule has 12 nitrogen and oxygen atoms in total. The molecule has 17 heteroatoms. The smallest absolute Gasteiger partial charge is 0.423 e. The molecule has 0 saturated heterocycles. The maximum absolute atomic E-state index is 15.3. The van der Waals surface area contributed by atoms with E-state index in [0.29, 0.717) is 22.1 Å². The number of hydrogen-bond acceptors (Lipinski definition) is 9. The van der Waals surface area contributed by atoms with Crippen molar-refractivity contribution >= 4 is 59.7 Å². The summed E-state index contributed by atoms with van der Waals surface area (Å²) >= 11 is 5.31. The number of carbonyl (C=O) groups is 4. The molecule has 0 radical (unpaired) electrons. The Morgan fingerprint density at radius 3 is 1.45 bits per heavy atom. The van der Waals surface area contributed by atoms with Crippen molar-refractivity contribution in [3.05, 3.63) is 200 Å². The fourth-order valence-electron chi connectivity index (χ4n) is 8.93. The first-order valence-electron chi connectivity index (χ1n) is 23.7. The lowest BCUT2D eigenvalue weighted by molar-refractivity contribution is 0.0287. The molecule has 0 saturated carbocycles. The van der Waals surface area contributed by atoms with E-state index >= 15 is 4.39 Å². The van der Waals surface area contributed by atoms with E-state index in [0.717, 1.165) is 33.4 Å². The Balaban J connectivity index is 0.000000204. The van der Waals surface area contributed by atoms with Gasteiger partial charge in [0.05, 0.1) is 36.4 Å². The number of halogens is 3. The van der Waals surface area contributed by atoms with Gasteiger partial charge in [-0.15, -0.1) is 0 Å². The van der Waals surface area contributed by atoms with Gasteiger partial charge < -0.3 is 19.4 Å². The van der Waals surface area contributed by atoms with Crippen LogP contribution in [0.4, 0.5) is 8.78 Å². The zero-order valence-corrected chi connectivity index (χ0v) is 43.5. The van der Waals surface area contributed by atoms with Gasteiger partial charge in [0.15, 0.2) is 0 Å². The van der Waals surface area contributed by atoms with E-state index in [4.69, 9.17) is 20.9 Å². The van der Waals surface area contributed by atoms with Gasteiger partial charge in [-0.25, -0.2) is 19.2 Å². The molecule has 0 fully saturated rings. The summed E-state index contributed by atoms with van der Waals surface area (Å²) in [6, 6.07) is 35.2. The summed E-state index contributed by atoms with van der Waals surface area (Å²) in [6.45, 7) is 19.6. The van der Waals surface area contributed by atoms with Crippen LogP contribution < -0.4 is 27.2 Å². The third-order valence-corrected chi connectivity index (χ3v) is 12.5. The van der Waals surface area contributed by atoms with Crippen molar-refractivity contribution in [2.24, 2.45) is 10.8 Å². The van der Waals surface area contributed by atoms with Crippen LogP contribution in [-0.4, -0.2) is 52.3 Å². The summed E-state index contributed by atoms with van der Waals surface area (Å²) in [5.41, 5.74) is 15.2. The standard InChI is InChI=1S/C28H30BFN2O4.C19H22BFN2O3.C9H9ClO/c1-17-13-18(2)15-20(14-17)27(34)32(25(28(3,4)5)19-9-7-6-8-10-19)31-26(33)21-11-12-23-22(24(21)30)16-36-29(23)35;1-19(2,3)17(12-7-5-4-6-8-12)22-23-18(24)13-9-10-15-14(16(13)21)11-26-20(15)25;1-6-3-7(2)5-8(4-6)9(10)11/h6-15,25,35H,16H2,1-5H3,(H,31,33);4-10,17,22,25H,11H2,1-3H3,(H,23,24);3-5H,1-2H3. The molecule has 6 aromatic carbocycles. The van der Waals surface area contributed by atoms with Gasteiger partial charge in [0.25, 0.3) is 23.0 Å². The largest absolute Gasteiger partial charge is 0.491 e. The van der Waals surface area contributed by atoms with E-state index in [1.54, 1.807) is 24.3 Å². The number of benzene rings is 6. The molecular formula is C56H61B2ClF2N4O8. The third-order valence-electron chi connectivity index (χ3n) is 12.2. The Kier molecular flexibility index (Phi) is 18.0. The first kappa shape index (κ1) is 55.8. The SMILES string of the molecule is CC(C)(C)C(NNC(=O)c1ccc2c(c1F)COB2O)c1ccccc1.Cc1cc(C)cc(C(=O)Cl)c1.Cc1cc(C)cc(C(=O)N(NC(=O)c2ccc3c(c2F)COB3O)C(c2ccccc2)C(C)(C)C)c1. The molecule has 2 atom stereocenters. The van der Waals surface area contributed by atoms with Crippen molar-refractivity contribution in [3.63, 3.8) is 0 Å². The van der Waals surface area contributed by atoms with Crippen LogP contribution in [0.15, 0.2) is 121 Å². The molecule has 2 aliphatic heterocycles. The molecule has 0 aliphatic carbocycles. The molecule has 0 aromatic heterocycles. The van der Waals surface area contributed by atoms with Crippen LogP contribution in [0.2, 0.25) is 0 Å². The second-order valence-electron chi connectivity index (χ2n) is 20.4. The van der Waals surface area contributed by atoms with Gasteiger partial charge in [0.1, 0.15) is 11.6 Å². The molecule has 8 rings (SSSR count). The number of nitrogens with zero attached hydrogens (tertiary/aromatic N) is 1. The Morgan fingerprint density at radius 2 is 1.03 bits per heavy atom. The monoisotopic (exact) mass is 1010 g/mol. The number of fused-ring (bicyclic) bond motifs is 2. The van der Waals surface area contributed by atoms with Crippen molar-refractivity contribution in [1.29, 1.82) is 0 Å². The zero-order chi connectivity index (χ0) is 53.5. The molecule has 0 bridgehead atoms. The average molecular weight is 1010 g/mol. The minimum atomic E-state index is -1.22. The molecule has 380 valence electrons. The topological polar surface area (TPSA) is 167 Å². The van der Waals surface area contributed by atoms with Gasteiger partial charge in [0, 0.05) is 22.3 Å². The number of hydrogen-bond donors (Lipinski definition) is 5. The first-order chi connectivity index (χ1) is 34.3. The number of amides is 3. The van der Waals surface area contributed by atoms with Gasteiger partial charge in [0.2, 0.25) is 0 Å². The predicted molar refractivity (Wildman–Crippen MR) is 281 cm³/mol. The van der Waals surface area contributed by atoms with Crippen molar-refractivity contribution in [3.8, 4) is 0 Å². The molecule has 2 aliphatic rings. The van der Waals surface area contributed by atoms with Crippen LogP contribution in [0.3, 0.4) is 0 Å². The maximum Gasteiger partial charge on any atom is 0.491 e. The van der Waals surface area contributed by atoms with Crippen molar-refractivity contribution in [2.75, 3.05) is 0 Å². The van der Waals surface area contributed by atoms with E-state index in [1.807, 2.05) is 121 Å². The van der Waals surface area contributed by atoms with Crippen LogP contribution in [-0.2, 0) is 22.5 Å². The van der Waals surface area contributed by atoms with Crippen LogP contribution >= 0.6 is 11.6 Å². The lowest BCUT2D eigenvalue weighted by atomic mass is 9.79. The predicted octanol–water partition coefficient (Wildman–Crippen LogP) is 8.98. The fourth-order valence-corrected chi connectivity index (χ4v) is 9.04. The minimum Gasteiger partial charge on any atom is -0.423 e. The summed E-state index contributed by atoms with van der Waals surface area (Å²) in [6.07, 6.45) is 0. The summed E-state index contributed by atoms with van der Waals surface area (Å²) in [5, 5.41) is 20.4. The Morgan fingerprint density at radius 1 is 0.603 bits per heavy atom. The molecule has 2 unspecified atom stereocenters. The Labute approximate surface area is 431 Å². The van der Waals surface area contributed by atoms with E-state index < -0.39 is 60.3 Å². The molecule has 3 amide bonds. The average Bonchev–Trinajstić information content (AvgIpc) is 3.90. The highest BCUT2D eigenvalue weighted by Crippen LogP contribution is 2.38. The van der Waals surface area contributed by atoms with Crippen molar-refractivity contribution in [2.45, 2.75) is 94.5 Å². The van der Waals surface area contributed by atoms with E-state index in [-0.39, 0.29) is 46.9 Å². The third kappa shape index (κ3) is 13.8. The molecule has 5 N–H and O–H groups in total. The lowest BCUT2D eigenvalue weighted by Crippen LogP contribution is -2.52. The highest BCUT2D eigenvalue weighted by atomic mass is 35.5. The van der Waals surface area contributed by atoms with E-state index in [1.165, 1.54) is 29.3 Å². The second-order valence-corrected chi connectivity index (χ2v) is 20.8. The highest BCUT2D eigenvalue weighted by molar-refractivity contribution is 6.67. The van der Waals surface area contributed by atoms with Crippen molar-refractivity contribution < 1.29 is 47.3 Å². The van der Waals surface area contributed by atoms with E-state index in [2.05, 4.69) is 37.0 Å². The zero-order valence-electron chi connectivity index (χ0n) is 42.7. The quantitative estimate of drug-likeness (QED) is 0.0540. The van der Waals surface area contributed by atoms with Crippen LogP contribution in [0.25, 0.3) is 0 Å². The number of nitrogens with one attached hydrogen (secondary N) is 3. The molecule has 6 aromatic rings. The number of rotatable bonds is 9. The van der Waals surface area contributed by atoms with Crippen LogP contribution in [0.5, 0.6) is 0 Å². The lowest BCUT2D eigenvalue weighted by Gasteiger charge is -2.40. The number of hydrazine groups is 2. The van der Waals surface area contributed by atoms with Gasteiger partial charge in [-0.05, 0) is 109 Å². The van der Waals surface area contributed by atoms with Crippen LogP contribution in [0, 0.1) is 50.2 Å². The van der Waals surface area contributed by atoms with Gasteiger partial charge in [-0.2, -0.15) is 0 Å². The summed E-state index contributed by atoms with van der Waals surface area (Å²) < 4.78 is 40.0. The fraction of sp³-hybridized carbons (Fsp3) is 0.286. The van der Waals surface area contributed by atoms with Crippen LogP contribution in [0.1, 0.15) is 140 Å². The van der Waals surface area contributed by atoms with E-state index in [9.17, 15) is 33.6 Å². The molecule has 73 heavy (non-hydrogen) atoms. The van der Waals surface area contributed by atoms with Gasteiger partial charge >= 0.3 is 14.2 Å². The number of aryl methyl sites for hydroxylation is 4. The van der Waals surface area contributed by atoms with Crippen molar-refractivity contribution in [1.82, 2.24) is 21.3 Å². The normalized spacial score (nSPS) is 13.6. The summed E-state index contributed by atoms with van der Waals surface area (Å²) in [4.78, 5) is 50.6. The minimum absolute atomic E-state index is 0.0501. The molecular weight excluding hydrogens is 952 g/mol. The molecule has 0 spiro atoms. The van der Waals surface area contributed by atoms with Gasteiger partial charge in [-0.3, -0.25) is 30.0 Å². The highest BCUT2D eigenvalue weighted by Gasteiger charge is 2.39. The Hall–Kier alpha value is -6.52. The van der Waals surface area contributed by atoms with Gasteiger partial charge in [-0.1, -0.05) is 149 Å². The maximum atomic E-state index is 15.3. The summed E-state index contributed by atoms with van der Waals surface area (Å²) in [7, 11) is -2.37.